The van der Waals surface area contributed by atoms with Gasteiger partial charge < -0.3 is 4.74 Å². The van der Waals surface area contributed by atoms with E-state index in [4.69, 9.17) is 0 Å². The highest BCUT2D eigenvalue weighted by Crippen LogP contribution is 2.29. The van der Waals surface area contributed by atoms with Crippen LogP contribution in [-0.2, 0) is 9.53 Å². The maximum atomic E-state index is 12.4. The lowest BCUT2D eigenvalue weighted by molar-refractivity contribution is -0.244. The molecule has 0 bridgehead atoms. The highest BCUT2D eigenvalue weighted by Gasteiger charge is 2.39. The maximum Gasteiger partial charge on any atom is 0.400 e. The van der Waals surface area contributed by atoms with Gasteiger partial charge in [-0.2, -0.15) is 22.0 Å². The SMILES string of the molecule is C=CC(=O)OC(F)(F)CCC(F)(F)F. The molecule has 0 aliphatic rings. The van der Waals surface area contributed by atoms with Gasteiger partial charge in [0.15, 0.2) is 0 Å². The molecule has 0 radical (unpaired) electrons. The molecule has 82 valence electrons. The Bertz CT molecular complexity index is 221. The molecule has 7 heteroatoms. The molecule has 0 fully saturated rings. The van der Waals surface area contributed by atoms with Crippen molar-refractivity contribution in [2.75, 3.05) is 0 Å². The summed E-state index contributed by atoms with van der Waals surface area (Å²) in [5, 5.41) is 0. The number of alkyl halides is 5. The molecule has 0 aromatic carbocycles. The molecular weight excluding hydrogens is 211 g/mol. The van der Waals surface area contributed by atoms with Gasteiger partial charge in [-0.15, -0.1) is 0 Å². The lowest BCUT2D eigenvalue weighted by Crippen LogP contribution is -2.26. The summed E-state index contributed by atoms with van der Waals surface area (Å²) in [7, 11) is 0. The Morgan fingerprint density at radius 3 is 2.07 bits per heavy atom. The zero-order valence-electron chi connectivity index (χ0n) is 6.90. The molecular formula is C7H7F5O2. The minimum absolute atomic E-state index is 0.446. The monoisotopic (exact) mass is 218 g/mol. The van der Waals surface area contributed by atoms with Gasteiger partial charge in [0, 0.05) is 6.08 Å². The zero-order valence-corrected chi connectivity index (χ0v) is 6.90. The fourth-order valence-electron chi connectivity index (χ4n) is 0.527. The third-order valence-electron chi connectivity index (χ3n) is 1.12. The van der Waals surface area contributed by atoms with Crippen molar-refractivity contribution in [3.05, 3.63) is 12.7 Å². The Morgan fingerprint density at radius 1 is 1.21 bits per heavy atom. The van der Waals surface area contributed by atoms with Gasteiger partial charge in [-0.05, 0) is 0 Å². The molecule has 0 saturated heterocycles. The fraction of sp³-hybridized carbons (Fsp3) is 0.571. The van der Waals surface area contributed by atoms with E-state index < -0.39 is 31.1 Å². The first kappa shape index (κ1) is 12.9. The number of esters is 1. The predicted octanol–water partition coefficient (Wildman–Crippen LogP) is 2.65. The van der Waals surface area contributed by atoms with Gasteiger partial charge in [0.25, 0.3) is 0 Å². The van der Waals surface area contributed by atoms with Gasteiger partial charge in [0.1, 0.15) is 0 Å². The average Bonchev–Trinajstić information content (AvgIpc) is 1.99. The first-order valence-electron chi connectivity index (χ1n) is 3.46. The number of halogens is 5. The Kier molecular flexibility index (Phi) is 4.03. The van der Waals surface area contributed by atoms with Gasteiger partial charge in [0.05, 0.1) is 12.8 Å². The smallest absolute Gasteiger partial charge is 0.398 e. The third kappa shape index (κ3) is 6.38. The van der Waals surface area contributed by atoms with Crippen LogP contribution in [0.3, 0.4) is 0 Å². The molecule has 0 rings (SSSR count). The number of carbonyl (C=O) groups excluding carboxylic acids is 1. The van der Waals surface area contributed by atoms with Crippen LogP contribution < -0.4 is 0 Å². The van der Waals surface area contributed by atoms with Gasteiger partial charge >= 0.3 is 18.3 Å². The van der Waals surface area contributed by atoms with E-state index in [1.807, 2.05) is 0 Å². The molecule has 2 nitrogen and oxygen atoms in total. The van der Waals surface area contributed by atoms with Crippen molar-refractivity contribution in [3.63, 3.8) is 0 Å². The summed E-state index contributed by atoms with van der Waals surface area (Å²) in [6, 6.07) is 0. The van der Waals surface area contributed by atoms with Crippen LogP contribution in [0.15, 0.2) is 12.7 Å². The van der Waals surface area contributed by atoms with E-state index in [1.165, 1.54) is 0 Å². The lowest BCUT2D eigenvalue weighted by Gasteiger charge is -2.16. The molecule has 0 aromatic rings. The molecule has 0 atom stereocenters. The summed E-state index contributed by atoms with van der Waals surface area (Å²) in [4.78, 5) is 10.3. The number of ether oxygens (including phenoxy) is 1. The van der Waals surface area contributed by atoms with Crippen LogP contribution in [-0.4, -0.2) is 18.3 Å². The van der Waals surface area contributed by atoms with E-state index >= 15 is 0 Å². The Balaban J connectivity index is 4.07. The predicted molar refractivity (Wildman–Crippen MR) is 36.5 cm³/mol. The summed E-state index contributed by atoms with van der Waals surface area (Å²) in [6.45, 7) is 2.82. The zero-order chi connectivity index (χ0) is 11.4. The molecule has 0 aromatic heterocycles. The van der Waals surface area contributed by atoms with Crippen molar-refractivity contribution in [1.82, 2.24) is 0 Å². The number of hydrogen-bond acceptors (Lipinski definition) is 2. The Morgan fingerprint density at radius 2 is 1.71 bits per heavy atom. The highest BCUT2D eigenvalue weighted by molar-refractivity contribution is 5.81. The standard InChI is InChI=1S/C7H7F5O2/c1-2-5(13)14-7(11,12)4-3-6(8,9)10/h2H,1,3-4H2. The minimum atomic E-state index is -4.70. The van der Waals surface area contributed by atoms with Crippen molar-refractivity contribution in [2.45, 2.75) is 25.1 Å². The van der Waals surface area contributed by atoms with E-state index in [0.29, 0.717) is 6.08 Å². The van der Waals surface area contributed by atoms with E-state index in [-0.39, 0.29) is 0 Å². The topological polar surface area (TPSA) is 26.3 Å². The van der Waals surface area contributed by atoms with Crippen LogP contribution in [0.2, 0.25) is 0 Å². The molecule has 0 amide bonds. The van der Waals surface area contributed by atoms with Crippen LogP contribution in [0.4, 0.5) is 22.0 Å². The summed E-state index contributed by atoms with van der Waals surface area (Å²) in [5.74, 6) is -1.46. The molecule has 0 saturated carbocycles. The van der Waals surface area contributed by atoms with Crippen molar-refractivity contribution in [2.24, 2.45) is 0 Å². The first-order valence-corrected chi connectivity index (χ1v) is 3.46. The van der Waals surface area contributed by atoms with Crippen molar-refractivity contribution in [1.29, 1.82) is 0 Å². The van der Waals surface area contributed by atoms with Crippen LogP contribution in [0, 0.1) is 0 Å². The largest absolute Gasteiger partial charge is 0.400 e. The van der Waals surface area contributed by atoms with Gasteiger partial charge in [-0.3, -0.25) is 0 Å². The molecule has 14 heavy (non-hydrogen) atoms. The second-order valence-corrected chi connectivity index (χ2v) is 2.38. The van der Waals surface area contributed by atoms with E-state index in [1.54, 1.807) is 0 Å². The molecule has 0 heterocycles. The van der Waals surface area contributed by atoms with Gasteiger partial charge in [-0.1, -0.05) is 6.58 Å². The minimum Gasteiger partial charge on any atom is -0.398 e. The molecule has 0 unspecified atom stereocenters. The van der Waals surface area contributed by atoms with Crippen LogP contribution in [0.1, 0.15) is 12.8 Å². The van der Waals surface area contributed by atoms with E-state index in [9.17, 15) is 26.7 Å². The number of carbonyl (C=O) groups is 1. The van der Waals surface area contributed by atoms with Crippen LogP contribution in [0.5, 0.6) is 0 Å². The highest BCUT2D eigenvalue weighted by atomic mass is 19.4. The third-order valence-corrected chi connectivity index (χ3v) is 1.12. The number of hydrogen-bond donors (Lipinski definition) is 0. The first-order chi connectivity index (χ1) is 6.16. The second kappa shape index (κ2) is 4.39. The molecule has 0 aliphatic heterocycles. The van der Waals surface area contributed by atoms with E-state index in [2.05, 4.69) is 11.3 Å². The van der Waals surface area contributed by atoms with Crippen LogP contribution >= 0.6 is 0 Å². The molecule has 0 N–H and O–H groups in total. The summed E-state index contributed by atoms with van der Waals surface area (Å²) in [5.41, 5.74) is 0. The molecule has 0 aliphatic carbocycles. The summed E-state index contributed by atoms with van der Waals surface area (Å²) < 4.78 is 62.7. The van der Waals surface area contributed by atoms with Gasteiger partial charge in [-0.25, -0.2) is 4.79 Å². The normalized spacial score (nSPS) is 12.4. The Hall–Kier alpha value is -1.14. The second-order valence-electron chi connectivity index (χ2n) is 2.38. The molecule has 0 spiro atoms. The van der Waals surface area contributed by atoms with Crippen molar-refractivity contribution in [3.8, 4) is 0 Å². The summed E-state index contributed by atoms with van der Waals surface area (Å²) >= 11 is 0. The van der Waals surface area contributed by atoms with Crippen LogP contribution in [0.25, 0.3) is 0 Å². The van der Waals surface area contributed by atoms with Gasteiger partial charge in [0.2, 0.25) is 0 Å². The quantitative estimate of drug-likeness (QED) is 0.412. The van der Waals surface area contributed by atoms with Crippen molar-refractivity contribution < 1.29 is 31.5 Å². The van der Waals surface area contributed by atoms with Crippen molar-refractivity contribution >= 4 is 5.97 Å². The average molecular weight is 218 g/mol. The fourth-order valence-corrected chi connectivity index (χ4v) is 0.527. The number of rotatable bonds is 4. The lowest BCUT2D eigenvalue weighted by atomic mass is 10.3. The Labute approximate surface area is 76.3 Å². The van der Waals surface area contributed by atoms with E-state index in [0.717, 1.165) is 0 Å². The maximum absolute atomic E-state index is 12.4. The summed E-state index contributed by atoms with van der Waals surface area (Å²) in [6.07, 6.45) is -11.7.